The summed E-state index contributed by atoms with van der Waals surface area (Å²) in [5.74, 6) is 4.99. The van der Waals surface area contributed by atoms with Crippen LogP contribution in [-0.4, -0.2) is 11.9 Å². The summed E-state index contributed by atoms with van der Waals surface area (Å²) in [5, 5.41) is 2.76. The maximum absolute atomic E-state index is 12.9. The van der Waals surface area contributed by atoms with Gasteiger partial charge >= 0.3 is 6.18 Å². The van der Waals surface area contributed by atoms with Crippen LogP contribution < -0.4 is 16.6 Å². The number of alkyl halides is 3. The van der Waals surface area contributed by atoms with Crippen molar-refractivity contribution < 1.29 is 18.0 Å². The summed E-state index contributed by atoms with van der Waals surface area (Å²) in [6.07, 6.45) is -1.34. The lowest BCUT2D eigenvalue weighted by Crippen LogP contribution is -2.40. The van der Waals surface area contributed by atoms with E-state index in [0.29, 0.717) is 5.92 Å². The van der Waals surface area contributed by atoms with Crippen LogP contribution >= 0.6 is 0 Å². The molecule has 1 aromatic carbocycles. The number of carbonyl (C=O) groups excluding carboxylic acids is 1. The van der Waals surface area contributed by atoms with E-state index in [1.807, 2.05) is 12.3 Å². The molecule has 1 aliphatic rings. The van der Waals surface area contributed by atoms with Gasteiger partial charge in [-0.2, -0.15) is 13.2 Å². The van der Waals surface area contributed by atoms with E-state index in [4.69, 9.17) is 5.84 Å². The summed E-state index contributed by atoms with van der Waals surface area (Å²) < 4.78 is 38.7. The average molecular weight is 301 g/mol. The van der Waals surface area contributed by atoms with Crippen molar-refractivity contribution in [2.24, 2.45) is 11.8 Å². The first-order chi connectivity index (χ1) is 9.82. The Hall–Kier alpha value is -1.76. The normalized spacial score (nSPS) is 17.0. The zero-order valence-corrected chi connectivity index (χ0v) is 11.6. The Morgan fingerprint density at radius 2 is 2.05 bits per heavy atom. The quantitative estimate of drug-likeness (QED) is 0.592. The van der Waals surface area contributed by atoms with E-state index in [1.165, 1.54) is 6.07 Å². The predicted octanol–water partition coefficient (Wildman–Crippen LogP) is 2.91. The standard InChI is InChI=1S/C14H18F3N3O/c1-8(9-3-2-4-9)19-13(21)10-5-6-12(20-18)11(7-10)14(15,16)17/h5-9,20H,2-4,18H2,1H3,(H,19,21). The Labute approximate surface area is 120 Å². The fourth-order valence-electron chi connectivity index (χ4n) is 2.39. The van der Waals surface area contributed by atoms with Gasteiger partial charge < -0.3 is 10.7 Å². The molecule has 1 aliphatic carbocycles. The summed E-state index contributed by atoms with van der Waals surface area (Å²) in [5.41, 5.74) is 0.765. The first-order valence-corrected chi connectivity index (χ1v) is 6.81. The van der Waals surface area contributed by atoms with Crippen LogP contribution in [0.25, 0.3) is 0 Å². The van der Waals surface area contributed by atoms with E-state index >= 15 is 0 Å². The van der Waals surface area contributed by atoms with Crippen molar-refractivity contribution in [1.29, 1.82) is 0 Å². The number of hydrogen-bond donors (Lipinski definition) is 3. The molecular formula is C14H18F3N3O. The van der Waals surface area contributed by atoms with Crippen LogP contribution in [0.4, 0.5) is 18.9 Å². The summed E-state index contributed by atoms with van der Waals surface area (Å²) in [6, 6.07) is 3.27. The van der Waals surface area contributed by atoms with E-state index in [9.17, 15) is 18.0 Å². The molecule has 1 unspecified atom stereocenters. The molecule has 0 bridgehead atoms. The van der Waals surface area contributed by atoms with Crippen molar-refractivity contribution in [2.45, 2.75) is 38.4 Å². The van der Waals surface area contributed by atoms with Crippen LogP contribution in [0.1, 0.15) is 42.1 Å². The summed E-state index contributed by atoms with van der Waals surface area (Å²) in [6.45, 7) is 1.88. The summed E-state index contributed by atoms with van der Waals surface area (Å²) in [4.78, 5) is 12.0. The van der Waals surface area contributed by atoms with Crippen molar-refractivity contribution >= 4 is 11.6 Å². The number of rotatable bonds is 4. The number of hydrazine groups is 1. The molecule has 1 atom stereocenters. The number of halogens is 3. The Kier molecular flexibility index (Phi) is 4.41. The fraction of sp³-hybridized carbons (Fsp3) is 0.500. The van der Waals surface area contributed by atoms with E-state index in [0.717, 1.165) is 31.4 Å². The smallest absolute Gasteiger partial charge is 0.349 e. The molecule has 21 heavy (non-hydrogen) atoms. The lowest BCUT2D eigenvalue weighted by Gasteiger charge is -2.31. The molecule has 0 heterocycles. The minimum atomic E-state index is -4.57. The molecule has 0 aliphatic heterocycles. The number of benzene rings is 1. The molecule has 0 aromatic heterocycles. The molecule has 2 rings (SSSR count). The minimum Gasteiger partial charge on any atom is -0.349 e. The fourth-order valence-corrected chi connectivity index (χ4v) is 2.39. The van der Waals surface area contributed by atoms with Crippen molar-refractivity contribution in [1.82, 2.24) is 5.32 Å². The highest BCUT2D eigenvalue weighted by Crippen LogP contribution is 2.35. The number of carbonyl (C=O) groups is 1. The van der Waals surface area contributed by atoms with Gasteiger partial charge in [-0.3, -0.25) is 10.6 Å². The van der Waals surface area contributed by atoms with Gasteiger partial charge in [0.2, 0.25) is 0 Å². The number of nitrogen functional groups attached to an aromatic ring is 1. The van der Waals surface area contributed by atoms with Gasteiger partial charge in [0, 0.05) is 11.6 Å². The van der Waals surface area contributed by atoms with Crippen LogP contribution in [0.15, 0.2) is 18.2 Å². The van der Waals surface area contributed by atoms with Gasteiger partial charge in [-0.25, -0.2) is 0 Å². The third-order valence-electron chi connectivity index (χ3n) is 3.96. The Morgan fingerprint density at radius 1 is 1.38 bits per heavy atom. The Morgan fingerprint density at radius 3 is 2.52 bits per heavy atom. The van der Waals surface area contributed by atoms with Gasteiger partial charge in [-0.1, -0.05) is 6.42 Å². The molecule has 1 aromatic rings. The molecular weight excluding hydrogens is 283 g/mol. The number of amides is 1. The van der Waals surface area contributed by atoms with Crippen LogP contribution in [-0.2, 0) is 6.18 Å². The highest BCUT2D eigenvalue weighted by atomic mass is 19.4. The topological polar surface area (TPSA) is 67.2 Å². The molecule has 1 saturated carbocycles. The molecule has 7 heteroatoms. The second kappa shape index (κ2) is 5.93. The van der Waals surface area contributed by atoms with Crippen molar-refractivity contribution in [3.8, 4) is 0 Å². The van der Waals surface area contributed by atoms with Gasteiger partial charge in [0.05, 0.1) is 11.3 Å². The third-order valence-corrected chi connectivity index (χ3v) is 3.96. The minimum absolute atomic E-state index is 0.0208. The number of nitrogens with one attached hydrogen (secondary N) is 2. The molecule has 4 N–H and O–H groups in total. The first-order valence-electron chi connectivity index (χ1n) is 6.81. The van der Waals surface area contributed by atoms with Gasteiger partial charge in [-0.15, -0.1) is 0 Å². The zero-order valence-electron chi connectivity index (χ0n) is 11.6. The SMILES string of the molecule is CC(NC(=O)c1ccc(NN)c(C(F)(F)F)c1)C1CCC1. The van der Waals surface area contributed by atoms with E-state index in [-0.39, 0.29) is 17.3 Å². The number of nitrogens with two attached hydrogens (primary N) is 1. The highest BCUT2D eigenvalue weighted by Gasteiger charge is 2.34. The summed E-state index contributed by atoms with van der Waals surface area (Å²) in [7, 11) is 0. The van der Waals surface area contributed by atoms with Crippen molar-refractivity contribution in [3.63, 3.8) is 0 Å². The van der Waals surface area contributed by atoms with Crippen molar-refractivity contribution in [2.75, 3.05) is 5.43 Å². The maximum Gasteiger partial charge on any atom is 0.418 e. The second-order valence-corrected chi connectivity index (χ2v) is 5.36. The van der Waals surface area contributed by atoms with Crippen LogP contribution in [0.2, 0.25) is 0 Å². The molecule has 4 nitrogen and oxygen atoms in total. The number of hydrogen-bond acceptors (Lipinski definition) is 3. The van der Waals surface area contributed by atoms with Crippen LogP contribution in [0.3, 0.4) is 0 Å². The molecule has 0 spiro atoms. The Bertz CT molecular complexity index is 527. The lowest BCUT2D eigenvalue weighted by molar-refractivity contribution is -0.137. The molecule has 1 amide bonds. The molecule has 116 valence electrons. The second-order valence-electron chi connectivity index (χ2n) is 5.36. The maximum atomic E-state index is 12.9. The molecule has 0 radical (unpaired) electrons. The monoisotopic (exact) mass is 301 g/mol. The number of anilines is 1. The lowest BCUT2D eigenvalue weighted by atomic mass is 9.80. The first kappa shape index (κ1) is 15.6. The highest BCUT2D eigenvalue weighted by molar-refractivity contribution is 5.95. The zero-order chi connectivity index (χ0) is 15.6. The Balaban J connectivity index is 2.17. The summed E-state index contributed by atoms with van der Waals surface area (Å²) >= 11 is 0. The van der Waals surface area contributed by atoms with Gasteiger partial charge in [0.1, 0.15) is 0 Å². The molecule has 0 saturated heterocycles. The predicted molar refractivity (Wildman–Crippen MR) is 73.5 cm³/mol. The van der Waals surface area contributed by atoms with Gasteiger partial charge in [0.25, 0.3) is 5.91 Å². The average Bonchev–Trinajstić information content (AvgIpc) is 2.34. The van der Waals surface area contributed by atoms with Gasteiger partial charge in [-0.05, 0) is 43.9 Å². The van der Waals surface area contributed by atoms with Crippen molar-refractivity contribution in [3.05, 3.63) is 29.3 Å². The van der Waals surface area contributed by atoms with Crippen LogP contribution in [0.5, 0.6) is 0 Å². The van der Waals surface area contributed by atoms with Gasteiger partial charge in [0.15, 0.2) is 0 Å². The van der Waals surface area contributed by atoms with E-state index < -0.39 is 17.6 Å². The van der Waals surface area contributed by atoms with E-state index in [2.05, 4.69) is 5.32 Å². The van der Waals surface area contributed by atoms with E-state index in [1.54, 1.807) is 0 Å². The largest absolute Gasteiger partial charge is 0.418 e. The van der Waals surface area contributed by atoms with Crippen LogP contribution in [0, 0.1) is 5.92 Å². The molecule has 1 fully saturated rings. The third kappa shape index (κ3) is 3.47.